The van der Waals surface area contributed by atoms with E-state index < -0.39 is 24.0 Å². The Bertz CT molecular complexity index is 384. The molecule has 0 aromatic rings. The van der Waals surface area contributed by atoms with Crippen molar-refractivity contribution in [3.05, 3.63) is 0 Å². The molecule has 0 fully saturated rings. The number of rotatable bonds is 10. The van der Waals surface area contributed by atoms with Gasteiger partial charge in [0.2, 0.25) is 11.8 Å². The van der Waals surface area contributed by atoms with Gasteiger partial charge in [0.1, 0.15) is 0 Å². The van der Waals surface area contributed by atoms with Crippen molar-refractivity contribution in [3.8, 4) is 0 Å². The number of nitrogens with one attached hydrogen (secondary N) is 2. The first-order chi connectivity index (χ1) is 11.1. The number of hydrogen-bond donors (Lipinski definition) is 4. The zero-order valence-corrected chi connectivity index (χ0v) is 15.2. The molecule has 0 heterocycles. The zero-order chi connectivity index (χ0) is 19.1. The monoisotopic (exact) mass is 409 g/mol. The molecule has 11 heteroatoms. The molecule has 0 bridgehead atoms. The molecular weight excluding hydrogens is 384 g/mol. The second kappa shape index (κ2) is 17.2. The van der Waals surface area contributed by atoms with Gasteiger partial charge in [0.15, 0.2) is 0 Å². The summed E-state index contributed by atoms with van der Waals surface area (Å²) in [4.78, 5) is 41.8. The van der Waals surface area contributed by atoms with Gasteiger partial charge in [-0.05, 0) is 26.7 Å². The van der Waals surface area contributed by atoms with Crippen LogP contribution in [0.3, 0.4) is 0 Å². The number of carboxylic acids is 2. The summed E-state index contributed by atoms with van der Waals surface area (Å²) in [6.45, 7) is 4.66. The minimum Gasteiger partial charge on any atom is -0.548 e. The van der Waals surface area contributed by atoms with E-state index in [1.807, 2.05) is 0 Å². The van der Waals surface area contributed by atoms with Gasteiger partial charge in [-0.25, -0.2) is 0 Å². The van der Waals surface area contributed by atoms with Gasteiger partial charge in [0.05, 0.1) is 11.9 Å². The van der Waals surface area contributed by atoms with E-state index in [9.17, 15) is 29.4 Å². The van der Waals surface area contributed by atoms with E-state index in [1.54, 1.807) is 13.8 Å². The van der Waals surface area contributed by atoms with Crippen molar-refractivity contribution in [2.75, 3.05) is 13.1 Å². The smallest absolute Gasteiger partial charge is 0.548 e. The van der Waals surface area contributed by atoms with Gasteiger partial charge in [0.25, 0.3) is 0 Å². The third kappa shape index (κ3) is 18.5. The number of hydrogen-bond acceptors (Lipinski definition) is 8. The molecule has 1 radical (unpaired) electrons. The minimum atomic E-state index is -1.32. The first-order valence-electron chi connectivity index (χ1n) is 7.61. The van der Waals surface area contributed by atoms with E-state index in [4.69, 9.17) is 11.5 Å². The average molecular weight is 410 g/mol. The molecule has 2 atom stereocenters. The van der Waals surface area contributed by atoms with Crippen molar-refractivity contribution in [3.63, 3.8) is 0 Å². The fourth-order valence-electron chi connectivity index (χ4n) is 1.38. The van der Waals surface area contributed by atoms with Crippen LogP contribution in [0, 0.1) is 0 Å². The number of nitrogens with two attached hydrogens (primary N) is 2. The van der Waals surface area contributed by atoms with Gasteiger partial charge in [-0.2, -0.15) is 0 Å². The van der Waals surface area contributed by atoms with Gasteiger partial charge >= 0.3 is 17.1 Å². The molecule has 0 aliphatic carbocycles. The Morgan fingerprint density at radius 2 is 1.08 bits per heavy atom. The van der Waals surface area contributed by atoms with Crippen molar-refractivity contribution in [2.45, 2.75) is 51.6 Å². The molecule has 0 saturated heterocycles. The summed E-state index contributed by atoms with van der Waals surface area (Å²) < 4.78 is 0. The van der Waals surface area contributed by atoms with Crippen molar-refractivity contribution in [1.29, 1.82) is 0 Å². The van der Waals surface area contributed by atoms with E-state index >= 15 is 0 Å². The Hall–Kier alpha value is -1.68. The summed E-state index contributed by atoms with van der Waals surface area (Å²) in [6.07, 6.45) is 0.494. The summed E-state index contributed by atoms with van der Waals surface area (Å²) in [5.41, 5.74) is 10.2. The molecular formula is C14H26CuN4O6. The molecule has 149 valence electrons. The first kappa shape index (κ1) is 28.1. The van der Waals surface area contributed by atoms with Gasteiger partial charge in [-0.1, -0.05) is 0 Å². The van der Waals surface area contributed by atoms with Crippen LogP contribution in [0.1, 0.15) is 39.5 Å². The summed E-state index contributed by atoms with van der Waals surface area (Å²) >= 11 is 0. The maximum atomic E-state index is 10.8. The summed E-state index contributed by atoms with van der Waals surface area (Å²) in [6, 6.07) is -2.10. The number of carboxylic acid groups (broad SMARTS) is 2. The normalized spacial score (nSPS) is 11.7. The van der Waals surface area contributed by atoms with Crippen LogP contribution in [0.4, 0.5) is 0 Å². The third-order valence-corrected chi connectivity index (χ3v) is 2.72. The molecule has 0 aliphatic heterocycles. The Morgan fingerprint density at radius 3 is 1.28 bits per heavy atom. The Kier molecular flexibility index (Phi) is 19.3. The van der Waals surface area contributed by atoms with E-state index in [2.05, 4.69) is 10.6 Å². The van der Waals surface area contributed by atoms with Gasteiger partial charge in [0, 0.05) is 38.0 Å². The van der Waals surface area contributed by atoms with Crippen LogP contribution in [-0.4, -0.2) is 48.9 Å². The van der Waals surface area contributed by atoms with Crippen molar-refractivity contribution < 1.29 is 46.5 Å². The van der Waals surface area contributed by atoms with Crippen LogP contribution in [0.2, 0.25) is 0 Å². The van der Waals surface area contributed by atoms with Gasteiger partial charge in [-0.3, -0.25) is 9.59 Å². The number of carbonyl (C=O) groups is 4. The third-order valence-electron chi connectivity index (χ3n) is 2.72. The van der Waals surface area contributed by atoms with Crippen LogP contribution in [0.5, 0.6) is 0 Å². The molecule has 0 rings (SSSR count). The van der Waals surface area contributed by atoms with E-state index in [0.717, 1.165) is 0 Å². The largest absolute Gasteiger partial charge is 2.00 e. The van der Waals surface area contributed by atoms with E-state index in [0.29, 0.717) is 13.1 Å². The maximum absolute atomic E-state index is 10.8. The quantitative estimate of drug-likeness (QED) is 0.262. The molecule has 25 heavy (non-hydrogen) atoms. The molecule has 0 spiro atoms. The first-order valence-corrected chi connectivity index (χ1v) is 7.61. The second-order valence-electron chi connectivity index (χ2n) is 4.84. The molecule has 6 N–H and O–H groups in total. The number of amides is 2. The molecule has 0 aliphatic rings. The maximum Gasteiger partial charge on any atom is 2.00 e. The Labute approximate surface area is 157 Å². The summed E-state index contributed by atoms with van der Waals surface area (Å²) in [5, 5.41) is 25.3. The standard InChI is InChI=1S/2C7H14N2O3.Cu/c2*1-2-9-6(10)4-3-5(8)7(11)12;/h2*5H,2-4,8H2,1H3,(H,9,10)(H,11,12);/q;;+2/p-2/t2*5-;/m00./s1. The van der Waals surface area contributed by atoms with Crippen LogP contribution < -0.4 is 32.3 Å². The van der Waals surface area contributed by atoms with Crippen molar-refractivity contribution in [2.24, 2.45) is 11.5 Å². The van der Waals surface area contributed by atoms with Crippen LogP contribution in [0.15, 0.2) is 0 Å². The minimum absolute atomic E-state index is 0. The molecule has 0 aromatic heterocycles. The predicted molar refractivity (Wildman–Crippen MR) is 81.8 cm³/mol. The zero-order valence-electron chi connectivity index (χ0n) is 14.3. The van der Waals surface area contributed by atoms with Crippen molar-refractivity contribution in [1.82, 2.24) is 10.6 Å². The van der Waals surface area contributed by atoms with Crippen LogP contribution in [-0.2, 0) is 36.2 Å². The van der Waals surface area contributed by atoms with Gasteiger partial charge in [-0.15, -0.1) is 0 Å². The molecule has 0 aromatic carbocycles. The second-order valence-corrected chi connectivity index (χ2v) is 4.84. The number of aliphatic carboxylic acids is 2. The van der Waals surface area contributed by atoms with E-state index in [1.165, 1.54) is 0 Å². The average Bonchev–Trinajstić information content (AvgIpc) is 2.51. The van der Waals surface area contributed by atoms with E-state index in [-0.39, 0.29) is 54.6 Å². The molecule has 2 amide bonds. The Morgan fingerprint density at radius 1 is 0.800 bits per heavy atom. The van der Waals surface area contributed by atoms with Crippen molar-refractivity contribution >= 4 is 23.8 Å². The molecule has 10 nitrogen and oxygen atoms in total. The molecule has 0 unspecified atom stereocenters. The van der Waals surface area contributed by atoms with Crippen LogP contribution >= 0.6 is 0 Å². The summed E-state index contributed by atoms with van der Waals surface area (Å²) in [7, 11) is 0. The Balaban J connectivity index is -0.000000372. The molecule has 0 saturated carbocycles. The topological polar surface area (TPSA) is 190 Å². The number of carbonyl (C=O) groups excluding carboxylic acids is 4. The fraction of sp³-hybridized carbons (Fsp3) is 0.714. The SMILES string of the molecule is CCNC(=O)CC[C@H](N)C(=O)[O-].CCNC(=O)CC[C@H](N)C(=O)[O-].[Cu+2]. The van der Waals surface area contributed by atoms with Crippen LogP contribution in [0.25, 0.3) is 0 Å². The van der Waals surface area contributed by atoms with Gasteiger partial charge < -0.3 is 41.9 Å². The predicted octanol–water partition coefficient (Wildman–Crippen LogP) is -4.04. The fourth-order valence-corrected chi connectivity index (χ4v) is 1.38. The summed E-state index contributed by atoms with van der Waals surface area (Å²) in [5.74, 6) is -3.01.